The molecule has 31 heavy (non-hydrogen) atoms. The maximum atomic E-state index is 13.8. The maximum absolute atomic E-state index is 13.8. The average molecular weight is 433 g/mol. The molecule has 1 atom stereocenters. The van der Waals surface area contributed by atoms with Gasteiger partial charge in [0.15, 0.2) is 0 Å². The van der Waals surface area contributed by atoms with Crippen LogP contribution >= 0.6 is 0 Å². The number of nitrogens with zero attached hydrogens (tertiary/aromatic N) is 3. The van der Waals surface area contributed by atoms with Gasteiger partial charge in [-0.15, -0.1) is 0 Å². The van der Waals surface area contributed by atoms with Crippen molar-refractivity contribution in [2.45, 2.75) is 18.6 Å². The first-order valence-corrected chi connectivity index (χ1v) is 9.63. The van der Waals surface area contributed by atoms with Gasteiger partial charge >= 0.3 is 6.18 Å². The summed E-state index contributed by atoms with van der Waals surface area (Å²) in [4.78, 5) is 22.1. The smallest absolute Gasteiger partial charge is 0.366 e. The molecular weight excluding hydrogens is 414 g/mol. The van der Waals surface area contributed by atoms with E-state index in [9.17, 15) is 22.4 Å². The van der Waals surface area contributed by atoms with Crippen molar-refractivity contribution in [3.63, 3.8) is 0 Å². The molecular formula is C21H19F4N5O. The highest BCUT2D eigenvalue weighted by molar-refractivity contribution is 6.06. The molecule has 1 amide bonds. The van der Waals surface area contributed by atoms with Gasteiger partial charge in [-0.1, -0.05) is 12.1 Å². The minimum atomic E-state index is -4.81. The SMILES string of the molecule is NC(=O)c1cccc2c(N[C@H](CN3CCC3)c3ccc(F)c(C(F)(F)F)c3)ncnc12. The number of primary amides is 1. The van der Waals surface area contributed by atoms with E-state index in [1.807, 2.05) is 0 Å². The van der Waals surface area contributed by atoms with Crippen LogP contribution in [0.3, 0.4) is 0 Å². The molecule has 0 unspecified atom stereocenters. The van der Waals surface area contributed by atoms with E-state index in [1.165, 1.54) is 18.5 Å². The quantitative estimate of drug-likeness (QED) is 0.579. The van der Waals surface area contributed by atoms with Gasteiger partial charge in [-0.25, -0.2) is 14.4 Å². The Hall–Kier alpha value is -3.27. The summed E-state index contributed by atoms with van der Waals surface area (Å²) in [6.45, 7) is 2.05. The minimum Gasteiger partial charge on any atom is -0.366 e. The third-order valence-corrected chi connectivity index (χ3v) is 5.33. The van der Waals surface area contributed by atoms with Crippen LogP contribution in [0.25, 0.3) is 10.9 Å². The first kappa shape index (κ1) is 21.0. The van der Waals surface area contributed by atoms with Gasteiger partial charge in [-0.2, -0.15) is 13.2 Å². The number of nitrogens with one attached hydrogen (secondary N) is 1. The number of hydrogen-bond acceptors (Lipinski definition) is 5. The molecule has 1 aliphatic heterocycles. The molecule has 3 N–H and O–H groups in total. The Morgan fingerprint density at radius 3 is 2.61 bits per heavy atom. The number of likely N-dealkylation sites (tertiary alicyclic amines) is 1. The number of halogens is 4. The Balaban J connectivity index is 1.75. The van der Waals surface area contributed by atoms with Gasteiger partial charge in [0.1, 0.15) is 18.0 Å². The fraction of sp³-hybridized carbons (Fsp3) is 0.286. The summed E-state index contributed by atoms with van der Waals surface area (Å²) >= 11 is 0. The molecule has 1 aliphatic rings. The highest BCUT2D eigenvalue weighted by atomic mass is 19.4. The lowest BCUT2D eigenvalue weighted by Crippen LogP contribution is -2.41. The zero-order valence-electron chi connectivity index (χ0n) is 16.3. The fourth-order valence-corrected chi connectivity index (χ4v) is 3.60. The molecule has 6 nitrogen and oxygen atoms in total. The zero-order valence-corrected chi connectivity index (χ0v) is 16.3. The van der Waals surface area contributed by atoms with Crippen molar-refractivity contribution >= 4 is 22.6 Å². The van der Waals surface area contributed by atoms with E-state index in [-0.39, 0.29) is 11.1 Å². The number of anilines is 1. The molecule has 162 valence electrons. The summed E-state index contributed by atoms with van der Waals surface area (Å²) < 4.78 is 53.6. The van der Waals surface area contributed by atoms with E-state index < -0.39 is 29.5 Å². The molecule has 1 fully saturated rings. The maximum Gasteiger partial charge on any atom is 0.419 e. The molecule has 10 heteroatoms. The Morgan fingerprint density at radius 2 is 1.97 bits per heavy atom. The third-order valence-electron chi connectivity index (χ3n) is 5.33. The van der Waals surface area contributed by atoms with Crippen molar-refractivity contribution in [1.29, 1.82) is 0 Å². The van der Waals surface area contributed by atoms with Crippen molar-refractivity contribution < 1.29 is 22.4 Å². The normalized spacial score (nSPS) is 15.5. The summed E-state index contributed by atoms with van der Waals surface area (Å²) in [6, 6.07) is 7.24. The van der Waals surface area contributed by atoms with Crippen LogP contribution in [0.1, 0.15) is 33.9 Å². The number of carbonyl (C=O) groups excluding carboxylic acids is 1. The van der Waals surface area contributed by atoms with E-state index in [0.717, 1.165) is 31.6 Å². The Kier molecular flexibility index (Phi) is 5.48. The number of amides is 1. The molecule has 1 aromatic heterocycles. The van der Waals surface area contributed by atoms with Gasteiger partial charge in [0, 0.05) is 11.9 Å². The molecule has 3 aromatic rings. The van der Waals surface area contributed by atoms with Crippen molar-refractivity contribution in [3.8, 4) is 0 Å². The Bertz CT molecular complexity index is 1130. The molecule has 4 rings (SSSR count). The summed E-state index contributed by atoms with van der Waals surface area (Å²) in [7, 11) is 0. The van der Waals surface area contributed by atoms with Crippen LogP contribution in [-0.2, 0) is 6.18 Å². The van der Waals surface area contributed by atoms with Gasteiger partial charge in [-0.05, 0) is 49.3 Å². The van der Waals surface area contributed by atoms with E-state index >= 15 is 0 Å². The van der Waals surface area contributed by atoms with Crippen LogP contribution in [0.4, 0.5) is 23.4 Å². The van der Waals surface area contributed by atoms with Gasteiger partial charge in [0.25, 0.3) is 5.91 Å². The summed E-state index contributed by atoms with van der Waals surface area (Å²) in [5.74, 6) is -1.63. The second kappa shape index (κ2) is 8.10. The molecule has 0 spiro atoms. The van der Waals surface area contributed by atoms with Gasteiger partial charge < -0.3 is 16.0 Å². The lowest BCUT2D eigenvalue weighted by molar-refractivity contribution is -0.140. The first-order chi connectivity index (χ1) is 14.7. The minimum absolute atomic E-state index is 0.211. The first-order valence-electron chi connectivity index (χ1n) is 9.63. The van der Waals surface area contributed by atoms with Crippen LogP contribution in [0.15, 0.2) is 42.7 Å². The molecule has 0 saturated carbocycles. The summed E-state index contributed by atoms with van der Waals surface area (Å²) in [6.07, 6.45) is -2.55. The number of alkyl halides is 3. The number of hydrogen-bond donors (Lipinski definition) is 2. The van der Waals surface area contributed by atoms with Gasteiger partial charge in [0.2, 0.25) is 0 Å². The topological polar surface area (TPSA) is 84.1 Å². The molecule has 2 heterocycles. The molecule has 1 saturated heterocycles. The van der Waals surface area contributed by atoms with Gasteiger partial charge in [-0.3, -0.25) is 4.79 Å². The second-order valence-electron chi connectivity index (χ2n) is 7.38. The molecule has 2 aromatic carbocycles. The molecule has 0 bridgehead atoms. The number of nitrogens with two attached hydrogens (primary N) is 1. The van der Waals surface area contributed by atoms with Crippen molar-refractivity contribution in [2.24, 2.45) is 5.73 Å². The van der Waals surface area contributed by atoms with E-state index in [4.69, 9.17) is 5.73 Å². The van der Waals surface area contributed by atoms with Crippen LogP contribution in [0.2, 0.25) is 0 Å². The van der Waals surface area contributed by atoms with E-state index in [1.54, 1.807) is 12.1 Å². The predicted octanol–water partition coefficient (Wildman–Crippen LogP) is 3.75. The average Bonchev–Trinajstić information content (AvgIpc) is 2.68. The molecule has 0 aliphatic carbocycles. The third kappa shape index (κ3) is 4.29. The van der Waals surface area contributed by atoms with Crippen LogP contribution in [0, 0.1) is 5.82 Å². The number of benzene rings is 2. The lowest BCUT2D eigenvalue weighted by Gasteiger charge is -2.35. The number of aromatic nitrogens is 2. The number of fused-ring (bicyclic) bond motifs is 1. The summed E-state index contributed by atoms with van der Waals surface area (Å²) in [5, 5.41) is 3.67. The number of carbonyl (C=O) groups is 1. The van der Waals surface area contributed by atoms with Gasteiger partial charge in [0.05, 0.1) is 22.7 Å². The van der Waals surface area contributed by atoms with Crippen LogP contribution < -0.4 is 11.1 Å². The van der Waals surface area contributed by atoms with Crippen molar-refractivity contribution in [3.05, 3.63) is 65.2 Å². The monoisotopic (exact) mass is 433 g/mol. The highest BCUT2D eigenvalue weighted by Crippen LogP contribution is 2.34. The summed E-state index contributed by atoms with van der Waals surface area (Å²) in [5.41, 5.74) is 4.93. The van der Waals surface area contributed by atoms with Crippen LogP contribution in [-0.4, -0.2) is 40.4 Å². The van der Waals surface area contributed by atoms with Crippen LogP contribution in [0.5, 0.6) is 0 Å². The highest BCUT2D eigenvalue weighted by Gasteiger charge is 2.35. The largest absolute Gasteiger partial charge is 0.419 e. The number of para-hydroxylation sites is 1. The number of rotatable bonds is 6. The lowest BCUT2D eigenvalue weighted by atomic mass is 10.0. The second-order valence-corrected chi connectivity index (χ2v) is 7.38. The van der Waals surface area contributed by atoms with Crippen molar-refractivity contribution in [2.75, 3.05) is 25.0 Å². The fourth-order valence-electron chi connectivity index (χ4n) is 3.60. The Labute approximate surface area is 175 Å². The Morgan fingerprint density at radius 1 is 1.19 bits per heavy atom. The standard InChI is InChI=1S/C21H19F4N5O/c22-16-6-5-12(9-15(16)21(23,24)25)17(10-30-7-2-8-30)29-20-14-4-1-3-13(19(26)31)18(14)27-11-28-20/h1,3-6,9,11,17H,2,7-8,10H2,(H2,26,31)(H,27,28,29)/t17-/m1/s1. The molecule has 0 radical (unpaired) electrons. The zero-order chi connectivity index (χ0) is 22.2. The van der Waals surface area contributed by atoms with E-state index in [0.29, 0.717) is 23.3 Å². The predicted molar refractivity (Wildman–Crippen MR) is 107 cm³/mol. The van der Waals surface area contributed by atoms with Crippen molar-refractivity contribution in [1.82, 2.24) is 14.9 Å². The van der Waals surface area contributed by atoms with E-state index in [2.05, 4.69) is 20.2 Å².